The summed E-state index contributed by atoms with van der Waals surface area (Å²) in [6.07, 6.45) is 1.28. The van der Waals surface area contributed by atoms with Gasteiger partial charge in [0.1, 0.15) is 28.0 Å². The molecule has 28 heavy (non-hydrogen) atoms. The summed E-state index contributed by atoms with van der Waals surface area (Å²) in [5.74, 6) is -1.05. The van der Waals surface area contributed by atoms with Gasteiger partial charge in [0.15, 0.2) is 0 Å². The summed E-state index contributed by atoms with van der Waals surface area (Å²) in [5, 5.41) is 0. The molecule has 1 saturated heterocycles. The molecule has 7 heteroatoms. The number of carbonyl (C=O) groups is 1. The Bertz CT molecular complexity index is 949. The van der Waals surface area contributed by atoms with Crippen molar-refractivity contribution in [3.8, 4) is 0 Å². The largest absolute Gasteiger partial charge is 0.306 e. The summed E-state index contributed by atoms with van der Waals surface area (Å²) in [6, 6.07) is 11.4. The van der Waals surface area contributed by atoms with E-state index >= 15 is 0 Å². The van der Waals surface area contributed by atoms with E-state index in [9.17, 15) is 13.6 Å². The Morgan fingerprint density at radius 2 is 1.54 bits per heavy atom. The molecule has 144 valence electrons. The van der Waals surface area contributed by atoms with Crippen molar-refractivity contribution in [1.82, 2.24) is 9.80 Å². The summed E-state index contributed by atoms with van der Waals surface area (Å²) in [5.41, 5.74) is 0.797. The topological polar surface area (TPSA) is 35.9 Å². The van der Waals surface area contributed by atoms with Crippen molar-refractivity contribution in [1.29, 1.82) is 0 Å². The zero-order valence-electron chi connectivity index (χ0n) is 15.4. The molecule has 0 saturated carbocycles. The van der Waals surface area contributed by atoms with Crippen LogP contribution in [0.25, 0.3) is 0 Å². The number of carbonyl (C=O) groups excluding carboxylic acids is 1. The van der Waals surface area contributed by atoms with Crippen LogP contribution in [0.5, 0.6) is 0 Å². The number of hydrogen-bond acceptors (Lipinski definition) is 4. The van der Waals surface area contributed by atoms with E-state index in [1.165, 1.54) is 36.4 Å². The Kier molecular flexibility index (Phi) is 4.81. The molecular weight excluding hydrogens is 380 g/mol. The molecule has 2 aliphatic rings. The van der Waals surface area contributed by atoms with E-state index in [-0.39, 0.29) is 11.7 Å². The number of hydrogen-bond donors (Lipinski definition) is 0. The van der Waals surface area contributed by atoms with Crippen LogP contribution in [0.3, 0.4) is 0 Å². The maximum absolute atomic E-state index is 13.3. The van der Waals surface area contributed by atoms with Crippen LogP contribution in [0.2, 0.25) is 0 Å². The first-order valence-electron chi connectivity index (χ1n) is 9.08. The Morgan fingerprint density at radius 1 is 1.00 bits per heavy atom. The third-order valence-corrected chi connectivity index (χ3v) is 5.72. The number of benzene rings is 2. The van der Waals surface area contributed by atoms with Crippen molar-refractivity contribution in [2.24, 2.45) is 4.99 Å². The number of thiocarbonyl (C=S) groups is 1. The van der Waals surface area contributed by atoms with Gasteiger partial charge in [0.05, 0.1) is 0 Å². The first kappa shape index (κ1) is 18.8. The highest BCUT2D eigenvalue weighted by Crippen LogP contribution is 2.37. The fourth-order valence-corrected chi connectivity index (χ4v) is 4.13. The molecule has 2 aromatic carbocycles. The van der Waals surface area contributed by atoms with Crippen LogP contribution >= 0.6 is 12.2 Å². The monoisotopic (exact) mass is 399 g/mol. The minimum Gasteiger partial charge on any atom is -0.306 e. The minimum absolute atomic E-state index is 0.296. The van der Waals surface area contributed by atoms with Gasteiger partial charge in [-0.3, -0.25) is 14.7 Å². The van der Waals surface area contributed by atoms with E-state index in [0.717, 1.165) is 13.1 Å². The van der Waals surface area contributed by atoms with E-state index in [1.807, 2.05) is 7.05 Å². The molecule has 0 atom stereocenters. The highest BCUT2D eigenvalue weighted by Gasteiger charge is 2.49. The third kappa shape index (κ3) is 3.25. The number of rotatable bonds is 2. The predicted octanol–water partition coefficient (Wildman–Crippen LogP) is 3.66. The number of nitrogens with zero attached hydrogens (tertiary/aromatic N) is 3. The van der Waals surface area contributed by atoms with E-state index in [1.54, 1.807) is 17.0 Å². The number of aliphatic imine (C=N–C) groups is 1. The van der Waals surface area contributed by atoms with Crippen molar-refractivity contribution >= 4 is 28.8 Å². The van der Waals surface area contributed by atoms with Crippen molar-refractivity contribution in [3.63, 3.8) is 0 Å². The van der Waals surface area contributed by atoms with Gasteiger partial charge in [-0.05, 0) is 55.6 Å². The zero-order valence-corrected chi connectivity index (χ0v) is 16.2. The molecule has 0 aliphatic carbocycles. The van der Waals surface area contributed by atoms with Gasteiger partial charge < -0.3 is 4.90 Å². The third-order valence-electron chi connectivity index (χ3n) is 5.34. The maximum atomic E-state index is 13.3. The molecule has 0 bridgehead atoms. The van der Waals surface area contributed by atoms with Crippen LogP contribution in [-0.2, 0) is 0 Å². The van der Waals surface area contributed by atoms with Crippen molar-refractivity contribution < 1.29 is 13.6 Å². The highest BCUT2D eigenvalue weighted by atomic mass is 32.1. The van der Waals surface area contributed by atoms with Gasteiger partial charge in [0.25, 0.3) is 5.91 Å². The second-order valence-corrected chi connectivity index (χ2v) is 7.59. The molecule has 0 unspecified atom stereocenters. The molecule has 1 fully saturated rings. The fraction of sp³-hybridized carbons (Fsp3) is 0.286. The van der Waals surface area contributed by atoms with E-state index in [2.05, 4.69) is 4.90 Å². The molecule has 2 heterocycles. The average Bonchev–Trinajstić information content (AvgIpc) is 2.97. The van der Waals surface area contributed by atoms with Crippen LogP contribution in [-0.4, -0.2) is 52.2 Å². The number of piperidine rings is 1. The fourth-order valence-electron chi connectivity index (χ4n) is 3.71. The summed E-state index contributed by atoms with van der Waals surface area (Å²) in [6.45, 7) is 1.55. The Hall–Kier alpha value is -2.51. The van der Waals surface area contributed by atoms with Gasteiger partial charge in [0.2, 0.25) is 0 Å². The lowest BCUT2D eigenvalue weighted by Crippen LogP contribution is -2.54. The quantitative estimate of drug-likeness (QED) is 0.723. The highest BCUT2D eigenvalue weighted by molar-refractivity contribution is 7.82. The van der Waals surface area contributed by atoms with Crippen LogP contribution < -0.4 is 0 Å². The second kappa shape index (κ2) is 7.14. The molecule has 0 aromatic heterocycles. The minimum atomic E-state index is -0.765. The van der Waals surface area contributed by atoms with Crippen LogP contribution in [0.4, 0.5) is 8.78 Å². The molecule has 4 rings (SSSR count). The lowest BCUT2D eigenvalue weighted by molar-refractivity contribution is 0.0571. The standard InChI is InChI=1S/C21H19F2N3OS/c1-25-12-10-21(11-13-25)24-18(14-2-6-16(22)7-3-14)20(28)26(21)19(27)15-4-8-17(23)9-5-15/h2-9H,10-13H2,1H3. The Labute approximate surface area is 167 Å². The van der Waals surface area contributed by atoms with Gasteiger partial charge in [-0.15, -0.1) is 0 Å². The molecule has 4 nitrogen and oxygen atoms in total. The van der Waals surface area contributed by atoms with Gasteiger partial charge >= 0.3 is 0 Å². The first-order chi connectivity index (χ1) is 13.4. The van der Waals surface area contributed by atoms with Crippen LogP contribution in [0.1, 0.15) is 28.8 Å². The molecule has 1 spiro atoms. The summed E-state index contributed by atoms with van der Waals surface area (Å²) < 4.78 is 26.6. The average molecular weight is 399 g/mol. The van der Waals surface area contributed by atoms with Crippen molar-refractivity contribution in [2.45, 2.75) is 18.5 Å². The molecule has 1 amide bonds. The Morgan fingerprint density at radius 3 is 2.11 bits per heavy atom. The number of halogens is 2. The summed E-state index contributed by atoms with van der Waals surface area (Å²) in [7, 11) is 2.02. The lowest BCUT2D eigenvalue weighted by atomic mass is 9.95. The summed E-state index contributed by atoms with van der Waals surface area (Å²) >= 11 is 5.65. The Balaban J connectivity index is 1.76. The maximum Gasteiger partial charge on any atom is 0.260 e. The van der Waals surface area contributed by atoms with E-state index in [0.29, 0.717) is 34.7 Å². The predicted molar refractivity (Wildman–Crippen MR) is 108 cm³/mol. The lowest BCUT2D eigenvalue weighted by Gasteiger charge is -2.41. The number of amides is 1. The van der Waals surface area contributed by atoms with E-state index in [4.69, 9.17) is 17.2 Å². The molecule has 0 radical (unpaired) electrons. The molecular formula is C21H19F2N3OS. The molecule has 2 aromatic rings. The van der Waals surface area contributed by atoms with E-state index < -0.39 is 11.5 Å². The van der Waals surface area contributed by atoms with Crippen molar-refractivity contribution in [2.75, 3.05) is 20.1 Å². The smallest absolute Gasteiger partial charge is 0.260 e. The van der Waals surface area contributed by atoms with Crippen molar-refractivity contribution in [3.05, 3.63) is 71.3 Å². The molecule has 2 aliphatic heterocycles. The van der Waals surface area contributed by atoms with Crippen LogP contribution in [0.15, 0.2) is 53.5 Å². The van der Waals surface area contributed by atoms with Gasteiger partial charge in [-0.2, -0.15) is 0 Å². The first-order valence-corrected chi connectivity index (χ1v) is 9.49. The van der Waals surface area contributed by atoms with Crippen LogP contribution in [0, 0.1) is 11.6 Å². The normalized spacial score (nSPS) is 19.2. The second-order valence-electron chi connectivity index (χ2n) is 7.21. The van der Waals surface area contributed by atoms with Gasteiger partial charge in [-0.25, -0.2) is 8.78 Å². The zero-order chi connectivity index (χ0) is 19.9. The van der Waals surface area contributed by atoms with Gasteiger partial charge in [0, 0.05) is 37.1 Å². The molecule has 0 N–H and O–H groups in total. The summed E-state index contributed by atoms with van der Waals surface area (Å²) in [4.78, 5) is 22.3. The number of likely N-dealkylation sites (tertiary alicyclic amines) is 1. The SMILES string of the molecule is CN1CCC2(CC1)N=C(c1ccc(F)cc1)C(=S)N2C(=O)c1ccc(F)cc1. The van der Waals surface area contributed by atoms with Gasteiger partial charge in [-0.1, -0.05) is 12.2 Å².